The molecule has 1 fully saturated rings. The number of halogens is 1. The summed E-state index contributed by atoms with van der Waals surface area (Å²) in [6, 6.07) is -0.115. The van der Waals surface area contributed by atoms with Crippen molar-refractivity contribution in [1.29, 1.82) is 0 Å². The van der Waals surface area contributed by atoms with Gasteiger partial charge in [0.15, 0.2) is 0 Å². The van der Waals surface area contributed by atoms with Crippen molar-refractivity contribution < 1.29 is 17.9 Å². The third-order valence-electron chi connectivity index (χ3n) is 2.47. The lowest BCUT2D eigenvalue weighted by Gasteiger charge is -2.25. The van der Waals surface area contributed by atoms with Crippen molar-refractivity contribution in [2.75, 3.05) is 6.61 Å². The minimum Gasteiger partial charge on any atom is -0.449 e. The number of hydrogen-bond acceptors (Lipinski definition) is 4. The van der Waals surface area contributed by atoms with Crippen LogP contribution in [0.3, 0.4) is 0 Å². The molecule has 0 saturated heterocycles. The molecule has 0 spiro atoms. The lowest BCUT2D eigenvalue weighted by molar-refractivity contribution is 0.158. The fourth-order valence-electron chi connectivity index (χ4n) is 1.69. The van der Waals surface area contributed by atoms with Gasteiger partial charge in [-0.05, 0) is 32.6 Å². The van der Waals surface area contributed by atoms with E-state index in [9.17, 15) is 13.2 Å². The topological polar surface area (TPSA) is 84.5 Å². The van der Waals surface area contributed by atoms with Gasteiger partial charge in [0.05, 0.1) is 6.61 Å². The molecule has 6 nitrogen and oxygen atoms in total. The summed E-state index contributed by atoms with van der Waals surface area (Å²) < 4.78 is 31.8. The van der Waals surface area contributed by atoms with Gasteiger partial charge >= 0.3 is 16.3 Å². The molecule has 0 radical (unpaired) electrons. The van der Waals surface area contributed by atoms with Gasteiger partial charge in [-0.2, -0.15) is 13.1 Å². The van der Waals surface area contributed by atoms with Crippen LogP contribution in [0.15, 0.2) is 0 Å². The number of carbonyl (C=O) groups is 1. The minimum absolute atomic E-state index is 0.115. The van der Waals surface area contributed by atoms with E-state index in [1.54, 1.807) is 11.6 Å². The molecule has 8 heteroatoms. The van der Waals surface area contributed by atoms with Crippen molar-refractivity contribution in [3.05, 3.63) is 0 Å². The molecule has 0 bridgehead atoms. The van der Waals surface area contributed by atoms with E-state index in [1.165, 1.54) is 0 Å². The molecule has 0 atom stereocenters. The van der Waals surface area contributed by atoms with Crippen LogP contribution < -0.4 is 9.44 Å². The molecule has 0 unspecified atom stereocenters. The number of rotatable bonds is 4. The highest BCUT2D eigenvalue weighted by atomic mass is 79.9. The first-order chi connectivity index (χ1) is 7.93. The Bertz CT molecular complexity index is 352. The van der Waals surface area contributed by atoms with Crippen molar-refractivity contribution in [1.82, 2.24) is 9.44 Å². The van der Waals surface area contributed by atoms with Crippen LogP contribution in [-0.2, 0) is 14.9 Å². The fourth-order valence-corrected chi connectivity index (χ4v) is 3.23. The summed E-state index contributed by atoms with van der Waals surface area (Å²) in [4.78, 5) is 11.5. The van der Waals surface area contributed by atoms with Crippen molar-refractivity contribution in [3.8, 4) is 0 Å². The summed E-state index contributed by atoms with van der Waals surface area (Å²) >= 11 is 3.49. The molecular weight excluding hydrogens is 312 g/mol. The van der Waals surface area contributed by atoms with Gasteiger partial charge in [0.2, 0.25) is 0 Å². The van der Waals surface area contributed by atoms with E-state index in [1.807, 2.05) is 0 Å². The molecule has 17 heavy (non-hydrogen) atoms. The zero-order chi connectivity index (χ0) is 12.9. The number of carbonyl (C=O) groups excluding carboxylic acids is 1. The summed E-state index contributed by atoms with van der Waals surface area (Å²) in [5.41, 5.74) is 0. The first kappa shape index (κ1) is 14.7. The molecule has 1 saturated carbocycles. The van der Waals surface area contributed by atoms with Gasteiger partial charge in [-0.3, -0.25) is 0 Å². The Kier molecular flexibility index (Phi) is 5.68. The van der Waals surface area contributed by atoms with E-state index >= 15 is 0 Å². The molecular formula is C9H17BrN2O4S. The van der Waals surface area contributed by atoms with Gasteiger partial charge in [0, 0.05) is 10.9 Å². The van der Waals surface area contributed by atoms with Crippen molar-refractivity contribution in [2.24, 2.45) is 0 Å². The summed E-state index contributed by atoms with van der Waals surface area (Å²) in [6.07, 6.45) is 2.42. The smallest absolute Gasteiger partial charge is 0.421 e. The molecule has 1 amide bonds. The van der Waals surface area contributed by atoms with Crippen molar-refractivity contribution >= 4 is 32.2 Å². The Morgan fingerprint density at radius 2 is 1.94 bits per heavy atom. The van der Waals surface area contributed by atoms with Crippen LogP contribution in [0.25, 0.3) is 0 Å². The molecule has 0 heterocycles. The second-order valence-corrected chi connectivity index (χ2v) is 6.63. The van der Waals surface area contributed by atoms with E-state index in [0.717, 1.165) is 25.7 Å². The zero-order valence-corrected chi connectivity index (χ0v) is 12.0. The van der Waals surface area contributed by atoms with Crippen molar-refractivity contribution in [3.63, 3.8) is 0 Å². The second kappa shape index (κ2) is 6.55. The zero-order valence-electron chi connectivity index (χ0n) is 9.61. The van der Waals surface area contributed by atoms with E-state index in [4.69, 9.17) is 0 Å². The number of hydrogen-bond donors (Lipinski definition) is 2. The van der Waals surface area contributed by atoms with Gasteiger partial charge in [-0.1, -0.05) is 15.9 Å². The lowest BCUT2D eigenvalue weighted by Crippen LogP contribution is -2.46. The monoisotopic (exact) mass is 328 g/mol. The molecule has 2 N–H and O–H groups in total. The van der Waals surface area contributed by atoms with E-state index < -0.39 is 16.3 Å². The van der Waals surface area contributed by atoms with Crippen LogP contribution in [0.1, 0.15) is 32.6 Å². The average Bonchev–Trinajstić information content (AvgIpc) is 2.20. The Labute approximate surface area is 110 Å². The highest BCUT2D eigenvalue weighted by Gasteiger charge is 2.24. The highest BCUT2D eigenvalue weighted by molar-refractivity contribution is 9.09. The molecule has 0 aromatic rings. The van der Waals surface area contributed by atoms with Gasteiger partial charge in [-0.15, -0.1) is 0 Å². The molecule has 1 aliphatic rings. The van der Waals surface area contributed by atoms with Crippen LogP contribution >= 0.6 is 15.9 Å². The SMILES string of the molecule is CCOC(=O)NS(=O)(=O)NC1CCC(Br)CC1. The van der Waals surface area contributed by atoms with Gasteiger partial charge in [0.1, 0.15) is 0 Å². The Balaban J connectivity index is 2.41. The maximum atomic E-state index is 11.5. The number of ether oxygens (including phenoxy) is 1. The van der Waals surface area contributed by atoms with Gasteiger partial charge < -0.3 is 4.74 Å². The maximum absolute atomic E-state index is 11.5. The summed E-state index contributed by atoms with van der Waals surface area (Å²) in [7, 11) is -3.81. The molecule has 100 valence electrons. The van der Waals surface area contributed by atoms with Crippen LogP contribution in [-0.4, -0.2) is 32.0 Å². The predicted molar refractivity (Wildman–Crippen MR) is 67.2 cm³/mol. The quantitative estimate of drug-likeness (QED) is 0.761. The molecule has 0 aromatic heterocycles. The van der Waals surface area contributed by atoms with E-state index in [0.29, 0.717) is 4.83 Å². The first-order valence-electron chi connectivity index (χ1n) is 5.54. The van der Waals surface area contributed by atoms with Crippen LogP contribution in [0.5, 0.6) is 0 Å². The largest absolute Gasteiger partial charge is 0.449 e. The summed E-state index contributed by atoms with van der Waals surface area (Å²) in [5.74, 6) is 0. The fraction of sp³-hybridized carbons (Fsp3) is 0.889. The normalized spacial score (nSPS) is 25.3. The second-order valence-electron chi connectivity index (χ2n) is 3.89. The first-order valence-corrected chi connectivity index (χ1v) is 7.93. The van der Waals surface area contributed by atoms with E-state index in [-0.39, 0.29) is 12.6 Å². The highest BCUT2D eigenvalue weighted by Crippen LogP contribution is 2.24. The summed E-state index contributed by atoms with van der Waals surface area (Å²) in [5, 5.41) is 0. The molecule has 1 aliphatic carbocycles. The van der Waals surface area contributed by atoms with E-state index in [2.05, 4.69) is 25.4 Å². The van der Waals surface area contributed by atoms with Crippen LogP contribution in [0.2, 0.25) is 0 Å². The van der Waals surface area contributed by atoms with Crippen LogP contribution in [0.4, 0.5) is 4.79 Å². The Morgan fingerprint density at radius 3 is 2.47 bits per heavy atom. The molecule has 1 rings (SSSR count). The summed E-state index contributed by atoms with van der Waals surface area (Å²) in [6.45, 7) is 1.74. The maximum Gasteiger partial charge on any atom is 0.421 e. The van der Waals surface area contributed by atoms with Crippen LogP contribution in [0, 0.1) is 0 Å². The predicted octanol–water partition coefficient (Wildman–Crippen LogP) is 1.27. The third-order valence-corrected chi connectivity index (χ3v) is 4.47. The van der Waals surface area contributed by atoms with Gasteiger partial charge in [-0.25, -0.2) is 9.52 Å². The Morgan fingerprint density at radius 1 is 1.35 bits per heavy atom. The molecule has 0 aliphatic heterocycles. The number of nitrogens with one attached hydrogen (secondary N) is 2. The number of alkyl halides is 1. The number of amides is 1. The standard InChI is InChI=1S/C9H17BrN2O4S/c1-2-16-9(13)12-17(14,15)11-8-5-3-7(10)4-6-8/h7-8,11H,2-6H2,1H3,(H,12,13). The minimum atomic E-state index is -3.81. The Hall–Kier alpha value is -0.340. The third kappa shape index (κ3) is 5.69. The lowest BCUT2D eigenvalue weighted by atomic mass is 9.96. The molecule has 0 aromatic carbocycles. The van der Waals surface area contributed by atoms with Gasteiger partial charge in [0.25, 0.3) is 0 Å². The average molecular weight is 329 g/mol. The van der Waals surface area contributed by atoms with Crippen molar-refractivity contribution in [2.45, 2.75) is 43.5 Å².